The Hall–Kier alpha value is -2.93. The number of carbonyl (C=O) groups excluding carboxylic acids is 3. The van der Waals surface area contributed by atoms with Gasteiger partial charge in [0, 0.05) is 11.2 Å². The lowest BCUT2D eigenvalue weighted by Crippen LogP contribution is -2.44. The molecule has 2 amide bonds. The SMILES string of the molecule is O=C(c1cccs1)[C@@H]1[C@@H]2C(=O)N(c3cc(Cl)ccc3Cl)C(=O)[C@@H]2C2c3ccccc3C=CN21. The Bertz CT molecular complexity index is 1350. The molecule has 8 heteroatoms. The molecule has 2 saturated heterocycles. The summed E-state index contributed by atoms with van der Waals surface area (Å²) in [4.78, 5) is 44.8. The van der Waals surface area contributed by atoms with Crippen molar-refractivity contribution >= 4 is 63.9 Å². The number of hydrogen-bond donors (Lipinski definition) is 0. The monoisotopic (exact) mass is 494 g/mol. The summed E-state index contributed by atoms with van der Waals surface area (Å²) in [7, 11) is 0. The lowest BCUT2D eigenvalue weighted by Gasteiger charge is -2.35. The van der Waals surface area contributed by atoms with Gasteiger partial charge in [-0.3, -0.25) is 14.4 Å². The van der Waals surface area contributed by atoms with Gasteiger partial charge in [-0.15, -0.1) is 11.3 Å². The summed E-state index contributed by atoms with van der Waals surface area (Å²) >= 11 is 13.9. The van der Waals surface area contributed by atoms with Crippen LogP contribution in [0.5, 0.6) is 0 Å². The molecule has 4 atom stereocenters. The Morgan fingerprint density at radius 1 is 0.939 bits per heavy atom. The van der Waals surface area contributed by atoms with Crippen molar-refractivity contribution in [1.82, 2.24) is 4.90 Å². The smallest absolute Gasteiger partial charge is 0.240 e. The number of ketones is 1. The molecular formula is C25H16Cl2N2O3S. The highest BCUT2D eigenvalue weighted by molar-refractivity contribution is 7.12. The minimum atomic E-state index is -0.831. The predicted octanol–water partition coefficient (Wildman–Crippen LogP) is 5.45. The van der Waals surface area contributed by atoms with Crippen LogP contribution in [-0.4, -0.2) is 28.5 Å². The minimum absolute atomic E-state index is 0.160. The van der Waals surface area contributed by atoms with Crippen molar-refractivity contribution < 1.29 is 14.4 Å². The average molecular weight is 495 g/mol. The Morgan fingerprint density at radius 2 is 1.73 bits per heavy atom. The summed E-state index contributed by atoms with van der Waals surface area (Å²) in [6.45, 7) is 0. The van der Waals surface area contributed by atoms with E-state index in [1.54, 1.807) is 18.2 Å². The highest BCUT2D eigenvalue weighted by Crippen LogP contribution is 2.54. The van der Waals surface area contributed by atoms with E-state index in [4.69, 9.17) is 23.2 Å². The number of anilines is 1. The zero-order valence-electron chi connectivity index (χ0n) is 17.0. The Labute approximate surface area is 203 Å². The Balaban J connectivity index is 1.52. The molecule has 0 aliphatic carbocycles. The summed E-state index contributed by atoms with van der Waals surface area (Å²) in [6, 6.07) is 14.8. The summed E-state index contributed by atoms with van der Waals surface area (Å²) < 4.78 is 0. The van der Waals surface area contributed by atoms with Crippen molar-refractivity contribution in [2.75, 3.05) is 4.90 Å². The van der Waals surface area contributed by atoms with Crippen LogP contribution in [0.1, 0.15) is 26.8 Å². The van der Waals surface area contributed by atoms with Crippen molar-refractivity contribution in [1.29, 1.82) is 0 Å². The molecule has 0 spiro atoms. The summed E-state index contributed by atoms with van der Waals surface area (Å²) in [5.74, 6) is -2.50. The largest absolute Gasteiger partial charge is 0.358 e. The van der Waals surface area contributed by atoms with Crippen molar-refractivity contribution in [3.05, 3.63) is 92.2 Å². The standard InChI is InChI=1S/C25H16Cl2N2O3S/c26-14-7-8-16(27)17(12-14)29-24(31)19-20(25(29)32)22(23(30)18-6-3-11-33-18)28-10-9-13-4-1-2-5-15(13)21(19)28/h1-12,19-22H/t19-,20+,21?,22-/m0/s1. The van der Waals surface area contributed by atoms with E-state index in [1.165, 1.54) is 17.4 Å². The molecule has 0 N–H and O–H groups in total. The molecule has 164 valence electrons. The highest BCUT2D eigenvalue weighted by Gasteiger charge is 2.64. The van der Waals surface area contributed by atoms with Crippen LogP contribution in [0.2, 0.25) is 10.0 Å². The molecule has 0 radical (unpaired) electrons. The van der Waals surface area contributed by atoms with Gasteiger partial charge < -0.3 is 4.90 Å². The van der Waals surface area contributed by atoms with E-state index < -0.39 is 29.8 Å². The van der Waals surface area contributed by atoms with Crippen LogP contribution >= 0.6 is 34.5 Å². The quantitative estimate of drug-likeness (QED) is 0.358. The van der Waals surface area contributed by atoms with Gasteiger partial charge >= 0.3 is 0 Å². The van der Waals surface area contributed by atoms with Gasteiger partial charge in [-0.2, -0.15) is 0 Å². The predicted molar refractivity (Wildman–Crippen MR) is 128 cm³/mol. The van der Waals surface area contributed by atoms with Gasteiger partial charge in [0.05, 0.1) is 33.5 Å². The molecular weight excluding hydrogens is 479 g/mol. The number of carbonyl (C=O) groups is 3. The van der Waals surface area contributed by atoms with Gasteiger partial charge in [-0.25, -0.2) is 4.90 Å². The van der Waals surface area contributed by atoms with Crippen LogP contribution in [0.3, 0.4) is 0 Å². The fourth-order valence-corrected chi connectivity index (χ4v) is 6.38. The van der Waals surface area contributed by atoms with Crippen molar-refractivity contribution in [2.45, 2.75) is 12.1 Å². The van der Waals surface area contributed by atoms with E-state index in [9.17, 15) is 14.4 Å². The number of halogens is 2. The minimum Gasteiger partial charge on any atom is -0.358 e. The second-order valence-electron chi connectivity index (χ2n) is 8.28. The molecule has 5 nitrogen and oxygen atoms in total. The van der Waals surface area contributed by atoms with E-state index in [0.717, 1.165) is 16.0 Å². The van der Waals surface area contributed by atoms with Gasteiger partial charge in [0.2, 0.25) is 11.8 Å². The molecule has 1 unspecified atom stereocenters. The fraction of sp³-hybridized carbons (Fsp3) is 0.160. The Morgan fingerprint density at radius 3 is 2.52 bits per heavy atom. The Kier molecular flexibility index (Phi) is 4.73. The lowest BCUT2D eigenvalue weighted by atomic mass is 9.84. The number of thiophene rings is 1. The van der Waals surface area contributed by atoms with Crippen molar-refractivity contribution in [3.8, 4) is 0 Å². The normalized spacial score (nSPS) is 25.3. The first-order valence-corrected chi connectivity index (χ1v) is 12.1. The highest BCUT2D eigenvalue weighted by atomic mass is 35.5. The fourth-order valence-electron chi connectivity index (χ4n) is 5.32. The van der Waals surface area contributed by atoms with Crippen LogP contribution in [0, 0.1) is 11.8 Å². The molecule has 2 fully saturated rings. The molecule has 1 aromatic heterocycles. The molecule has 2 aromatic carbocycles. The number of Topliss-reactive ketones (excluding diaryl/α,β-unsaturated/α-hetero) is 1. The third-order valence-electron chi connectivity index (χ3n) is 6.64. The summed E-state index contributed by atoms with van der Waals surface area (Å²) in [6.07, 6.45) is 3.78. The van der Waals surface area contributed by atoms with Gasteiger partial charge in [0.15, 0.2) is 5.78 Å². The number of amides is 2. The van der Waals surface area contributed by atoms with Crippen LogP contribution in [0.15, 0.2) is 66.2 Å². The number of hydrogen-bond acceptors (Lipinski definition) is 5. The average Bonchev–Trinajstić information content (AvgIpc) is 3.52. The van der Waals surface area contributed by atoms with Crippen LogP contribution in [0.25, 0.3) is 6.08 Å². The van der Waals surface area contributed by atoms with Gasteiger partial charge in [0.25, 0.3) is 0 Å². The van der Waals surface area contributed by atoms with Crippen LogP contribution in [0.4, 0.5) is 5.69 Å². The second-order valence-corrected chi connectivity index (χ2v) is 10.1. The molecule has 6 rings (SSSR count). The first-order chi connectivity index (χ1) is 16.0. The zero-order valence-corrected chi connectivity index (χ0v) is 19.3. The maximum absolute atomic E-state index is 13.8. The van der Waals surface area contributed by atoms with Gasteiger partial charge in [-0.1, -0.05) is 53.5 Å². The first kappa shape index (κ1) is 20.7. The number of nitrogens with zero attached hydrogens (tertiary/aromatic N) is 2. The maximum Gasteiger partial charge on any atom is 0.240 e. The number of fused-ring (bicyclic) bond motifs is 5. The molecule has 33 heavy (non-hydrogen) atoms. The molecule has 3 aromatic rings. The van der Waals surface area contributed by atoms with E-state index in [2.05, 4.69) is 0 Å². The summed E-state index contributed by atoms with van der Waals surface area (Å²) in [5, 5.41) is 2.45. The van der Waals surface area contributed by atoms with E-state index >= 15 is 0 Å². The molecule has 0 saturated carbocycles. The zero-order chi connectivity index (χ0) is 22.9. The van der Waals surface area contributed by atoms with E-state index in [-0.39, 0.29) is 22.4 Å². The van der Waals surface area contributed by atoms with E-state index in [1.807, 2.05) is 52.9 Å². The molecule has 4 heterocycles. The maximum atomic E-state index is 13.8. The van der Waals surface area contributed by atoms with Crippen molar-refractivity contribution in [3.63, 3.8) is 0 Å². The number of benzene rings is 2. The third-order valence-corrected chi connectivity index (χ3v) is 8.08. The second kappa shape index (κ2) is 7.55. The lowest BCUT2D eigenvalue weighted by molar-refractivity contribution is -0.123. The van der Waals surface area contributed by atoms with Crippen LogP contribution < -0.4 is 4.90 Å². The number of imide groups is 1. The van der Waals surface area contributed by atoms with Gasteiger partial charge in [0.1, 0.15) is 6.04 Å². The molecule has 3 aliphatic rings. The summed E-state index contributed by atoms with van der Waals surface area (Å²) in [5.41, 5.74) is 2.15. The molecule has 0 bridgehead atoms. The number of rotatable bonds is 3. The van der Waals surface area contributed by atoms with E-state index in [0.29, 0.717) is 9.90 Å². The third kappa shape index (κ3) is 2.94. The molecule has 3 aliphatic heterocycles. The topological polar surface area (TPSA) is 57.7 Å². The van der Waals surface area contributed by atoms with Crippen LogP contribution in [-0.2, 0) is 9.59 Å². The first-order valence-electron chi connectivity index (χ1n) is 10.4. The van der Waals surface area contributed by atoms with Crippen molar-refractivity contribution in [2.24, 2.45) is 11.8 Å². The van der Waals surface area contributed by atoms with Gasteiger partial charge in [-0.05, 0) is 46.8 Å².